The number of benzene rings is 9. The third-order valence-electron chi connectivity index (χ3n) is 9.45. The highest BCUT2D eigenvalue weighted by atomic mass is 15.1. The van der Waals surface area contributed by atoms with E-state index in [0.717, 1.165) is 17.1 Å². The fourth-order valence-corrected chi connectivity index (χ4v) is 7.31. The summed E-state index contributed by atoms with van der Waals surface area (Å²) in [6, 6.07) is 68.2. The van der Waals surface area contributed by atoms with Gasteiger partial charge in [0.2, 0.25) is 0 Å². The van der Waals surface area contributed by atoms with Crippen molar-refractivity contribution in [2.24, 2.45) is 0 Å². The monoisotopic (exact) mass is 597 g/mol. The Morgan fingerprint density at radius 3 is 1.36 bits per heavy atom. The molecule has 1 nitrogen and oxygen atoms in total. The van der Waals surface area contributed by atoms with E-state index < -0.39 is 0 Å². The molecular weight excluding hydrogens is 567 g/mol. The fraction of sp³-hybridized carbons (Fsp3) is 0. The van der Waals surface area contributed by atoms with Gasteiger partial charge < -0.3 is 4.90 Å². The van der Waals surface area contributed by atoms with Crippen LogP contribution >= 0.6 is 0 Å². The molecule has 9 aromatic carbocycles. The van der Waals surface area contributed by atoms with Crippen molar-refractivity contribution in [2.75, 3.05) is 4.90 Å². The summed E-state index contributed by atoms with van der Waals surface area (Å²) in [7, 11) is 0. The molecule has 0 N–H and O–H groups in total. The molecule has 0 aliphatic carbocycles. The van der Waals surface area contributed by atoms with Gasteiger partial charge >= 0.3 is 0 Å². The summed E-state index contributed by atoms with van der Waals surface area (Å²) in [6.07, 6.45) is 0. The molecule has 1 heteroatoms. The summed E-state index contributed by atoms with van der Waals surface area (Å²) < 4.78 is 0. The lowest BCUT2D eigenvalue weighted by atomic mass is 9.92. The minimum atomic E-state index is 1.12. The predicted octanol–water partition coefficient (Wildman–Crippen LogP) is 13.1. The van der Waals surface area contributed by atoms with Gasteiger partial charge in [-0.25, -0.2) is 0 Å². The first-order valence-corrected chi connectivity index (χ1v) is 16.2. The first kappa shape index (κ1) is 27.2. The van der Waals surface area contributed by atoms with Gasteiger partial charge in [0.05, 0.1) is 11.4 Å². The molecule has 220 valence electrons. The van der Waals surface area contributed by atoms with Crippen molar-refractivity contribution in [3.05, 3.63) is 188 Å². The van der Waals surface area contributed by atoms with E-state index in [0.29, 0.717) is 0 Å². The van der Waals surface area contributed by atoms with Crippen LogP contribution in [-0.2, 0) is 0 Å². The molecule has 0 bridgehead atoms. The molecule has 0 radical (unpaired) electrons. The van der Waals surface area contributed by atoms with Crippen molar-refractivity contribution in [1.82, 2.24) is 0 Å². The fourth-order valence-electron chi connectivity index (χ4n) is 7.31. The molecule has 9 rings (SSSR count). The first-order valence-electron chi connectivity index (χ1n) is 16.2. The normalized spacial score (nSPS) is 11.4. The van der Waals surface area contributed by atoms with Crippen molar-refractivity contribution in [2.45, 2.75) is 0 Å². The van der Waals surface area contributed by atoms with Crippen LogP contribution in [0, 0.1) is 0 Å². The van der Waals surface area contributed by atoms with Crippen LogP contribution in [0.4, 0.5) is 17.1 Å². The number of anilines is 3. The van der Waals surface area contributed by atoms with E-state index in [9.17, 15) is 0 Å². The smallest absolute Gasteiger partial charge is 0.0546 e. The Morgan fingerprint density at radius 2 is 0.723 bits per heavy atom. The molecule has 0 saturated heterocycles. The largest absolute Gasteiger partial charge is 0.309 e. The van der Waals surface area contributed by atoms with Crippen molar-refractivity contribution in [3.63, 3.8) is 0 Å². The second-order valence-corrected chi connectivity index (χ2v) is 12.1. The molecule has 0 heterocycles. The highest BCUT2D eigenvalue weighted by molar-refractivity contribution is 6.29. The van der Waals surface area contributed by atoms with Gasteiger partial charge in [0.25, 0.3) is 0 Å². The van der Waals surface area contributed by atoms with Gasteiger partial charge in [0, 0.05) is 16.5 Å². The molecule has 0 spiro atoms. The van der Waals surface area contributed by atoms with Crippen molar-refractivity contribution in [3.8, 4) is 22.3 Å². The summed E-state index contributed by atoms with van der Waals surface area (Å²) in [4.78, 5) is 2.47. The molecule has 0 fully saturated rings. The lowest BCUT2D eigenvalue weighted by molar-refractivity contribution is 1.31. The summed E-state index contributed by atoms with van der Waals surface area (Å²) >= 11 is 0. The summed E-state index contributed by atoms with van der Waals surface area (Å²) in [5.41, 5.74) is 8.30. The van der Waals surface area contributed by atoms with Gasteiger partial charge in [0.1, 0.15) is 0 Å². The average molecular weight is 598 g/mol. The Bertz CT molecular complexity index is 2500. The van der Waals surface area contributed by atoms with E-state index in [1.54, 1.807) is 0 Å². The SMILES string of the molecule is c1ccc(-c2ccc(N(c3ccc(-c4ccccc4)c4ccccc34)c3cccc4c5ccccc5c5ccccc5c34)cc2)cc1. The minimum Gasteiger partial charge on any atom is -0.309 e. The minimum absolute atomic E-state index is 1.12. The van der Waals surface area contributed by atoms with Crippen LogP contribution in [0.15, 0.2) is 188 Å². The maximum Gasteiger partial charge on any atom is 0.0546 e. The molecule has 0 aromatic heterocycles. The van der Waals surface area contributed by atoms with Gasteiger partial charge in [-0.15, -0.1) is 0 Å². The summed E-state index contributed by atoms with van der Waals surface area (Å²) in [5, 5.41) is 10.0. The van der Waals surface area contributed by atoms with Crippen LogP contribution in [-0.4, -0.2) is 0 Å². The first-order chi connectivity index (χ1) is 23.3. The Balaban J connectivity index is 1.36. The third-order valence-corrected chi connectivity index (χ3v) is 9.45. The van der Waals surface area contributed by atoms with E-state index >= 15 is 0 Å². The van der Waals surface area contributed by atoms with E-state index in [4.69, 9.17) is 0 Å². The zero-order valence-electron chi connectivity index (χ0n) is 25.8. The van der Waals surface area contributed by atoms with Gasteiger partial charge in [-0.3, -0.25) is 0 Å². The quantitative estimate of drug-likeness (QED) is 0.178. The van der Waals surface area contributed by atoms with E-state index in [2.05, 4.69) is 193 Å². The van der Waals surface area contributed by atoms with Crippen molar-refractivity contribution in [1.29, 1.82) is 0 Å². The zero-order valence-corrected chi connectivity index (χ0v) is 25.8. The van der Waals surface area contributed by atoms with Gasteiger partial charge in [-0.1, -0.05) is 164 Å². The summed E-state index contributed by atoms with van der Waals surface area (Å²) in [6.45, 7) is 0. The number of hydrogen-bond donors (Lipinski definition) is 0. The Kier molecular flexibility index (Phi) is 6.54. The Morgan fingerprint density at radius 1 is 0.255 bits per heavy atom. The Hall–Kier alpha value is -6.18. The number of fused-ring (bicyclic) bond motifs is 7. The topological polar surface area (TPSA) is 3.24 Å². The second kappa shape index (κ2) is 11.3. The van der Waals surface area contributed by atoms with Crippen LogP contribution in [0.1, 0.15) is 0 Å². The predicted molar refractivity (Wildman–Crippen MR) is 202 cm³/mol. The lowest BCUT2D eigenvalue weighted by Gasteiger charge is -2.29. The molecule has 9 aromatic rings. The zero-order chi connectivity index (χ0) is 31.2. The number of hydrogen-bond acceptors (Lipinski definition) is 1. The maximum absolute atomic E-state index is 2.47. The Labute approximate surface area is 274 Å². The van der Waals surface area contributed by atoms with Gasteiger partial charge in [-0.2, -0.15) is 0 Å². The highest BCUT2D eigenvalue weighted by Gasteiger charge is 2.21. The lowest BCUT2D eigenvalue weighted by Crippen LogP contribution is -2.11. The second-order valence-electron chi connectivity index (χ2n) is 12.1. The van der Waals surface area contributed by atoms with Crippen LogP contribution in [0.3, 0.4) is 0 Å². The van der Waals surface area contributed by atoms with Crippen LogP contribution in [0.25, 0.3) is 65.3 Å². The van der Waals surface area contributed by atoms with E-state index in [1.807, 2.05) is 0 Å². The number of rotatable bonds is 5. The molecule has 0 atom stereocenters. The molecular formula is C46H31N. The average Bonchev–Trinajstić information content (AvgIpc) is 3.16. The summed E-state index contributed by atoms with van der Waals surface area (Å²) in [5.74, 6) is 0. The molecule has 0 saturated carbocycles. The van der Waals surface area contributed by atoms with Gasteiger partial charge in [0.15, 0.2) is 0 Å². The molecule has 47 heavy (non-hydrogen) atoms. The standard InChI is InChI=1S/C46H31N/c1-3-14-32(15-4-1)33-26-28-35(29-27-33)47(44-31-30-36(34-16-5-2-6-17-34)37-18-9-11-22-41(37)44)45-25-13-24-43-40-20-8-7-19-38(40)39-21-10-12-23-42(39)46(43)45/h1-31H. The van der Waals surface area contributed by atoms with Crippen LogP contribution < -0.4 is 4.90 Å². The van der Waals surface area contributed by atoms with Crippen LogP contribution in [0.2, 0.25) is 0 Å². The highest BCUT2D eigenvalue weighted by Crippen LogP contribution is 2.47. The molecule has 0 unspecified atom stereocenters. The molecule has 0 aliphatic rings. The third kappa shape index (κ3) is 4.56. The van der Waals surface area contributed by atoms with Crippen molar-refractivity contribution >= 4 is 60.2 Å². The van der Waals surface area contributed by atoms with E-state index in [1.165, 1.54) is 65.3 Å². The van der Waals surface area contributed by atoms with Gasteiger partial charge in [-0.05, 0) is 78.8 Å². The maximum atomic E-state index is 2.47. The molecule has 0 amide bonds. The number of nitrogens with zero attached hydrogens (tertiary/aromatic N) is 1. The molecule has 0 aliphatic heterocycles. The van der Waals surface area contributed by atoms with Crippen LogP contribution in [0.5, 0.6) is 0 Å². The van der Waals surface area contributed by atoms with Crippen molar-refractivity contribution < 1.29 is 0 Å². The van der Waals surface area contributed by atoms with E-state index in [-0.39, 0.29) is 0 Å².